The van der Waals surface area contributed by atoms with Gasteiger partial charge in [-0.05, 0) is 35.2 Å². The van der Waals surface area contributed by atoms with Gasteiger partial charge in [0.2, 0.25) is 0 Å². The lowest BCUT2D eigenvalue weighted by atomic mass is 10.0. The van der Waals surface area contributed by atoms with Crippen molar-refractivity contribution in [2.75, 3.05) is 6.26 Å². The predicted octanol–water partition coefficient (Wildman–Crippen LogP) is 3.98. The van der Waals surface area contributed by atoms with E-state index in [0.717, 1.165) is 17.5 Å². The molecule has 0 saturated heterocycles. The highest BCUT2D eigenvalue weighted by molar-refractivity contribution is 7.90. The largest absolute Gasteiger partial charge is 0.224 e. The standard InChI is InChI=1S/C16H17ClO2S/c1-3-12-4-6-13(7-5-12)16(17)14-8-10-15(11-9-14)20(2,18)19/h4-11,16H,3H2,1-2H3. The van der Waals surface area contributed by atoms with Crippen molar-refractivity contribution < 1.29 is 8.42 Å². The molecule has 4 heteroatoms. The van der Waals surface area contributed by atoms with Crippen LogP contribution in [0.2, 0.25) is 0 Å². The normalized spacial score (nSPS) is 13.2. The zero-order valence-electron chi connectivity index (χ0n) is 11.5. The van der Waals surface area contributed by atoms with Crippen LogP contribution in [0, 0.1) is 0 Å². The molecule has 2 rings (SSSR count). The Morgan fingerprint density at radius 3 is 1.80 bits per heavy atom. The van der Waals surface area contributed by atoms with E-state index in [-0.39, 0.29) is 5.38 Å². The molecule has 0 aliphatic carbocycles. The first-order valence-electron chi connectivity index (χ1n) is 6.44. The highest BCUT2D eigenvalue weighted by Gasteiger charge is 2.12. The molecule has 20 heavy (non-hydrogen) atoms. The van der Waals surface area contributed by atoms with Crippen molar-refractivity contribution in [2.24, 2.45) is 0 Å². The molecular weight excluding hydrogens is 292 g/mol. The molecule has 0 radical (unpaired) electrons. The fraction of sp³-hybridized carbons (Fsp3) is 0.250. The molecule has 0 aliphatic rings. The Morgan fingerprint density at radius 2 is 1.40 bits per heavy atom. The second-order valence-corrected chi connectivity index (χ2v) is 7.25. The Hall–Kier alpha value is -1.32. The van der Waals surface area contributed by atoms with Gasteiger partial charge in [0.1, 0.15) is 0 Å². The molecule has 0 bridgehead atoms. The quantitative estimate of drug-likeness (QED) is 0.801. The monoisotopic (exact) mass is 308 g/mol. The van der Waals surface area contributed by atoms with Crippen molar-refractivity contribution in [2.45, 2.75) is 23.6 Å². The van der Waals surface area contributed by atoms with Gasteiger partial charge in [-0.25, -0.2) is 8.42 Å². The molecule has 106 valence electrons. The van der Waals surface area contributed by atoms with Gasteiger partial charge in [0.05, 0.1) is 10.3 Å². The maximum Gasteiger partial charge on any atom is 0.175 e. The van der Waals surface area contributed by atoms with E-state index in [1.807, 2.05) is 12.1 Å². The van der Waals surface area contributed by atoms with Crippen LogP contribution >= 0.6 is 11.6 Å². The van der Waals surface area contributed by atoms with Crippen LogP contribution in [0.1, 0.15) is 29.0 Å². The third-order valence-electron chi connectivity index (χ3n) is 3.28. The summed E-state index contributed by atoms with van der Waals surface area (Å²) < 4.78 is 22.8. The second-order valence-electron chi connectivity index (χ2n) is 4.80. The minimum atomic E-state index is -3.16. The molecule has 1 atom stereocenters. The maximum absolute atomic E-state index is 11.4. The highest BCUT2D eigenvalue weighted by Crippen LogP contribution is 2.29. The third-order valence-corrected chi connectivity index (χ3v) is 4.91. The molecule has 0 fully saturated rings. The number of hydrogen-bond donors (Lipinski definition) is 0. The van der Waals surface area contributed by atoms with Gasteiger partial charge >= 0.3 is 0 Å². The Morgan fingerprint density at radius 1 is 0.950 bits per heavy atom. The van der Waals surface area contributed by atoms with Crippen LogP contribution in [0.4, 0.5) is 0 Å². The lowest BCUT2D eigenvalue weighted by Gasteiger charge is -2.11. The number of aryl methyl sites for hydroxylation is 1. The van der Waals surface area contributed by atoms with Crippen molar-refractivity contribution in [3.8, 4) is 0 Å². The van der Waals surface area contributed by atoms with Gasteiger partial charge in [-0.15, -0.1) is 11.6 Å². The summed E-state index contributed by atoms with van der Waals surface area (Å²) in [6.45, 7) is 2.11. The average molecular weight is 309 g/mol. The zero-order chi connectivity index (χ0) is 14.8. The summed E-state index contributed by atoms with van der Waals surface area (Å²) in [5.41, 5.74) is 3.17. The van der Waals surface area contributed by atoms with Crippen LogP contribution in [0.3, 0.4) is 0 Å². The predicted molar refractivity (Wildman–Crippen MR) is 83.1 cm³/mol. The Kier molecular flexibility index (Phi) is 4.51. The lowest BCUT2D eigenvalue weighted by molar-refractivity contribution is 0.602. The van der Waals surface area contributed by atoms with Gasteiger partial charge in [-0.1, -0.05) is 43.3 Å². The molecule has 0 aromatic heterocycles. The molecule has 2 aromatic rings. The number of benzene rings is 2. The van der Waals surface area contributed by atoms with Crippen molar-refractivity contribution in [3.05, 3.63) is 65.2 Å². The molecule has 2 nitrogen and oxygen atoms in total. The van der Waals surface area contributed by atoms with Gasteiger partial charge in [0.15, 0.2) is 9.84 Å². The highest BCUT2D eigenvalue weighted by atomic mass is 35.5. The van der Waals surface area contributed by atoms with Crippen LogP contribution < -0.4 is 0 Å². The van der Waals surface area contributed by atoms with Crippen LogP contribution in [0.5, 0.6) is 0 Å². The van der Waals surface area contributed by atoms with Gasteiger partial charge in [0, 0.05) is 6.26 Å². The summed E-state index contributed by atoms with van der Waals surface area (Å²) in [6, 6.07) is 14.9. The smallest absolute Gasteiger partial charge is 0.175 e. The molecule has 0 N–H and O–H groups in total. The zero-order valence-corrected chi connectivity index (χ0v) is 13.1. The second kappa shape index (κ2) is 5.98. The van der Waals surface area contributed by atoms with E-state index >= 15 is 0 Å². The molecule has 0 saturated carbocycles. The topological polar surface area (TPSA) is 34.1 Å². The molecular formula is C16H17ClO2S. The van der Waals surface area contributed by atoms with Crippen molar-refractivity contribution in [1.29, 1.82) is 0 Å². The molecule has 0 heterocycles. The number of rotatable bonds is 4. The van der Waals surface area contributed by atoms with E-state index in [1.165, 1.54) is 11.8 Å². The number of sulfone groups is 1. The first kappa shape index (κ1) is 15.1. The SMILES string of the molecule is CCc1ccc(C(Cl)c2ccc(S(C)(=O)=O)cc2)cc1. The van der Waals surface area contributed by atoms with Gasteiger partial charge < -0.3 is 0 Å². The first-order chi connectivity index (χ1) is 9.41. The van der Waals surface area contributed by atoms with E-state index in [0.29, 0.717) is 4.90 Å². The summed E-state index contributed by atoms with van der Waals surface area (Å²) >= 11 is 6.44. The van der Waals surface area contributed by atoms with E-state index in [1.54, 1.807) is 24.3 Å². The fourth-order valence-corrected chi connectivity index (χ4v) is 2.92. The van der Waals surface area contributed by atoms with Gasteiger partial charge in [0.25, 0.3) is 0 Å². The Bertz CT molecular complexity index is 673. The molecule has 1 unspecified atom stereocenters. The third kappa shape index (κ3) is 3.41. The summed E-state index contributed by atoms with van der Waals surface area (Å²) in [5, 5.41) is -0.269. The number of hydrogen-bond acceptors (Lipinski definition) is 2. The van der Waals surface area contributed by atoms with Crippen molar-refractivity contribution >= 4 is 21.4 Å². The lowest BCUT2D eigenvalue weighted by Crippen LogP contribution is -1.98. The number of alkyl halides is 1. The minimum Gasteiger partial charge on any atom is -0.224 e. The Balaban J connectivity index is 2.26. The number of halogens is 1. The Labute approximate surface area is 125 Å². The van der Waals surface area contributed by atoms with Crippen LogP contribution in [-0.4, -0.2) is 14.7 Å². The summed E-state index contributed by atoms with van der Waals surface area (Å²) in [5.74, 6) is 0. The summed E-state index contributed by atoms with van der Waals surface area (Å²) in [4.78, 5) is 0.312. The van der Waals surface area contributed by atoms with Crippen LogP contribution in [0.15, 0.2) is 53.4 Å². The van der Waals surface area contributed by atoms with Gasteiger partial charge in [-0.2, -0.15) is 0 Å². The fourth-order valence-electron chi connectivity index (χ4n) is 2.00. The van der Waals surface area contributed by atoms with Gasteiger partial charge in [-0.3, -0.25) is 0 Å². The van der Waals surface area contributed by atoms with Crippen LogP contribution in [0.25, 0.3) is 0 Å². The van der Waals surface area contributed by atoms with Crippen molar-refractivity contribution in [1.82, 2.24) is 0 Å². The van der Waals surface area contributed by atoms with E-state index in [4.69, 9.17) is 11.6 Å². The molecule has 0 spiro atoms. The maximum atomic E-state index is 11.4. The summed E-state index contributed by atoms with van der Waals surface area (Å²) in [6.07, 6.45) is 2.19. The average Bonchev–Trinajstić information content (AvgIpc) is 2.46. The minimum absolute atomic E-state index is 0.269. The molecule has 0 aliphatic heterocycles. The van der Waals surface area contributed by atoms with Crippen molar-refractivity contribution in [3.63, 3.8) is 0 Å². The van der Waals surface area contributed by atoms with E-state index in [9.17, 15) is 8.42 Å². The molecule has 0 amide bonds. The van der Waals surface area contributed by atoms with E-state index in [2.05, 4.69) is 19.1 Å². The van der Waals surface area contributed by atoms with Crippen LogP contribution in [-0.2, 0) is 16.3 Å². The van der Waals surface area contributed by atoms with E-state index < -0.39 is 9.84 Å². The summed E-state index contributed by atoms with van der Waals surface area (Å²) in [7, 11) is -3.16. The molecule has 2 aromatic carbocycles. The first-order valence-corrected chi connectivity index (χ1v) is 8.77.